The third-order valence-electron chi connectivity index (χ3n) is 6.77. The number of aromatic nitrogens is 4. The van der Waals surface area contributed by atoms with Crippen LogP contribution in [0.3, 0.4) is 0 Å². The molecule has 2 amide bonds. The molecule has 0 saturated heterocycles. The average Bonchev–Trinajstić information content (AvgIpc) is 3.46. The minimum absolute atomic E-state index is 0.00509. The van der Waals surface area contributed by atoms with Crippen molar-refractivity contribution in [1.82, 2.24) is 24.7 Å². The summed E-state index contributed by atoms with van der Waals surface area (Å²) in [5, 5.41) is 21.0. The number of fused-ring (bicyclic) bond motifs is 2. The summed E-state index contributed by atoms with van der Waals surface area (Å²) in [5.74, 6) is -1.63. The molecular weight excluding hydrogens is 545 g/mol. The molecule has 1 aliphatic rings. The number of nitrogens with zero attached hydrogens (tertiary/aromatic N) is 4. The van der Waals surface area contributed by atoms with Crippen LogP contribution in [0.25, 0.3) is 16.4 Å². The molecule has 1 fully saturated rings. The van der Waals surface area contributed by atoms with E-state index in [4.69, 9.17) is 15.2 Å². The molecule has 41 heavy (non-hydrogen) atoms. The van der Waals surface area contributed by atoms with Crippen molar-refractivity contribution in [3.05, 3.63) is 53.6 Å². The van der Waals surface area contributed by atoms with Gasteiger partial charge in [0.2, 0.25) is 5.88 Å². The van der Waals surface area contributed by atoms with Crippen molar-refractivity contribution in [2.24, 2.45) is 5.73 Å². The highest BCUT2D eigenvalue weighted by atomic mass is 19.3. The summed E-state index contributed by atoms with van der Waals surface area (Å²) in [6.45, 7) is 0.0619. The van der Waals surface area contributed by atoms with Crippen LogP contribution in [0.1, 0.15) is 66.9 Å². The number of carbonyl (C=O) groups is 2. The predicted molar refractivity (Wildman–Crippen MR) is 141 cm³/mol. The summed E-state index contributed by atoms with van der Waals surface area (Å²) in [5.41, 5.74) is 4.64. The van der Waals surface area contributed by atoms with Crippen molar-refractivity contribution in [3.63, 3.8) is 0 Å². The molecule has 1 aliphatic carbocycles. The number of hydrogen-bond donors (Lipinski definition) is 3. The van der Waals surface area contributed by atoms with Crippen LogP contribution in [0, 0.1) is 5.82 Å². The quantitative estimate of drug-likeness (QED) is 0.277. The van der Waals surface area contributed by atoms with Gasteiger partial charge in [-0.15, -0.1) is 5.10 Å². The molecule has 0 unspecified atom stereocenters. The summed E-state index contributed by atoms with van der Waals surface area (Å²) in [6, 6.07) is 6.68. The van der Waals surface area contributed by atoms with E-state index in [1.165, 1.54) is 34.8 Å². The lowest BCUT2D eigenvalue weighted by Gasteiger charge is -2.28. The van der Waals surface area contributed by atoms with E-state index in [0.29, 0.717) is 35.9 Å². The number of halogens is 3. The second-order valence-corrected chi connectivity index (χ2v) is 10.6. The number of pyridine rings is 1. The van der Waals surface area contributed by atoms with Gasteiger partial charge in [-0.05, 0) is 63.8 Å². The highest BCUT2D eigenvalue weighted by molar-refractivity contribution is 6.05. The molecule has 4 aromatic rings. The first-order chi connectivity index (χ1) is 19.4. The molecule has 0 radical (unpaired) electrons. The third-order valence-corrected chi connectivity index (χ3v) is 6.77. The predicted octanol–water partition coefficient (Wildman–Crippen LogP) is 3.59. The number of benzene rings is 1. The van der Waals surface area contributed by atoms with E-state index in [1.807, 2.05) is 0 Å². The Morgan fingerprint density at radius 1 is 1.15 bits per heavy atom. The van der Waals surface area contributed by atoms with Crippen LogP contribution in [-0.4, -0.2) is 60.7 Å². The first kappa shape index (κ1) is 28.2. The number of alkyl halides is 2. The van der Waals surface area contributed by atoms with Crippen molar-refractivity contribution >= 4 is 28.2 Å². The number of hydrogen-bond acceptors (Lipinski definition) is 7. The van der Waals surface area contributed by atoms with Crippen LogP contribution < -0.4 is 20.5 Å². The molecule has 3 heterocycles. The van der Waals surface area contributed by atoms with E-state index in [9.17, 15) is 27.9 Å². The minimum atomic E-state index is -2.99. The van der Waals surface area contributed by atoms with Crippen molar-refractivity contribution in [1.29, 1.82) is 0 Å². The van der Waals surface area contributed by atoms with Crippen LogP contribution in [-0.2, 0) is 0 Å². The fourth-order valence-electron chi connectivity index (χ4n) is 4.84. The number of ether oxygens (including phenoxy) is 2. The van der Waals surface area contributed by atoms with E-state index < -0.39 is 29.8 Å². The number of rotatable bonds is 9. The number of nitrogens with two attached hydrogens (primary N) is 1. The molecule has 0 atom stereocenters. The molecular formula is C27H29F3N6O5. The first-order valence-corrected chi connectivity index (χ1v) is 13.0. The number of nitrogens with one attached hydrogen (secondary N) is 1. The average molecular weight is 575 g/mol. The molecule has 5 rings (SSSR count). The Kier molecular flexibility index (Phi) is 7.51. The Hall–Kier alpha value is -4.33. The Balaban J connectivity index is 1.25. The zero-order chi connectivity index (χ0) is 29.5. The van der Waals surface area contributed by atoms with Crippen LogP contribution >= 0.6 is 0 Å². The lowest BCUT2D eigenvalue weighted by molar-refractivity contribution is 0.0284. The number of carbonyl (C=O) groups excluding carboxylic acids is 2. The van der Waals surface area contributed by atoms with Gasteiger partial charge in [-0.3, -0.25) is 9.59 Å². The second-order valence-electron chi connectivity index (χ2n) is 10.6. The first-order valence-electron chi connectivity index (χ1n) is 13.0. The van der Waals surface area contributed by atoms with Gasteiger partial charge in [-0.1, -0.05) is 0 Å². The summed E-state index contributed by atoms with van der Waals surface area (Å²) >= 11 is 0. The normalized spacial score (nSPS) is 17.7. The van der Waals surface area contributed by atoms with Gasteiger partial charge < -0.3 is 25.6 Å². The molecule has 11 nitrogen and oxygen atoms in total. The van der Waals surface area contributed by atoms with E-state index >= 15 is 0 Å². The van der Waals surface area contributed by atoms with Crippen molar-refractivity contribution in [3.8, 4) is 11.6 Å². The van der Waals surface area contributed by atoms with Crippen LogP contribution in [0.5, 0.6) is 11.6 Å². The van der Waals surface area contributed by atoms with Gasteiger partial charge in [-0.25, -0.2) is 13.6 Å². The lowest BCUT2D eigenvalue weighted by atomic mass is 9.92. The van der Waals surface area contributed by atoms with Gasteiger partial charge in [0.1, 0.15) is 29.8 Å². The second kappa shape index (κ2) is 10.9. The van der Waals surface area contributed by atoms with Crippen LogP contribution in [0.4, 0.5) is 13.2 Å². The number of amides is 2. The molecule has 14 heteroatoms. The highest BCUT2D eigenvalue weighted by Gasteiger charge is 2.29. The molecule has 0 spiro atoms. The smallest absolute Gasteiger partial charge is 0.333 e. The molecule has 4 N–H and O–H groups in total. The monoisotopic (exact) mass is 574 g/mol. The SMILES string of the molecule is CC(C)(O)COc1ccc2c(C(=O)NC3CCC(Oc4nn5cc(F)ccc5c4C(N)=O)CC3)nn(C(F)F)c2c1. The molecule has 3 aromatic heterocycles. The molecule has 218 valence electrons. The van der Waals surface area contributed by atoms with Crippen molar-refractivity contribution in [2.75, 3.05) is 6.61 Å². The molecule has 0 bridgehead atoms. The van der Waals surface area contributed by atoms with Gasteiger partial charge in [0, 0.05) is 17.5 Å². The Morgan fingerprint density at radius 2 is 1.88 bits per heavy atom. The summed E-state index contributed by atoms with van der Waals surface area (Å²) in [4.78, 5) is 25.1. The highest BCUT2D eigenvalue weighted by Crippen LogP contribution is 2.30. The molecule has 1 aromatic carbocycles. The summed E-state index contributed by atoms with van der Waals surface area (Å²) in [7, 11) is 0. The molecule has 0 aliphatic heterocycles. The third kappa shape index (κ3) is 6.06. The van der Waals surface area contributed by atoms with Gasteiger partial charge in [0.05, 0.1) is 22.8 Å². The maximum Gasteiger partial charge on any atom is 0.333 e. The number of aliphatic hydroxyl groups is 1. The van der Waals surface area contributed by atoms with E-state index in [-0.39, 0.29) is 52.5 Å². The van der Waals surface area contributed by atoms with Crippen LogP contribution in [0.15, 0.2) is 36.5 Å². The van der Waals surface area contributed by atoms with E-state index in [0.717, 1.165) is 6.20 Å². The summed E-state index contributed by atoms with van der Waals surface area (Å²) < 4.78 is 54.2. The fraction of sp³-hybridized carbons (Fsp3) is 0.407. The Bertz CT molecular complexity index is 1600. The van der Waals surface area contributed by atoms with E-state index in [1.54, 1.807) is 13.8 Å². The van der Waals surface area contributed by atoms with Gasteiger partial charge in [0.15, 0.2) is 5.69 Å². The van der Waals surface area contributed by atoms with E-state index in [2.05, 4.69) is 15.5 Å². The largest absolute Gasteiger partial charge is 0.491 e. The van der Waals surface area contributed by atoms with Crippen LogP contribution in [0.2, 0.25) is 0 Å². The number of primary amides is 1. The Morgan fingerprint density at radius 3 is 2.54 bits per heavy atom. The summed E-state index contributed by atoms with van der Waals surface area (Å²) in [6.07, 6.45) is 2.79. The fourth-order valence-corrected chi connectivity index (χ4v) is 4.84. The zero-order valence-electron chi connectivity index (χ0n) is 22.3. The van der Waals surface area contributed by atoms with Gasteiger partial charge in [0.25, 0.3) is 11.8 Å². The maximum absolute atomic E-state index is 13.7. The lowest BCUT2D eigenvalue weighted by Crippen LogP contribution is -2.40. The topological polar surface area (TPSA) is 146 Å². The Labute approximate surface area is 232 Å². The standard InChI is InChI=1S/C27H29F3N6O5/c1-27(2,39)13-40-17-8-9-18-20(11-17)36(26(29)30)33-22(18)24(38)32-15-4-6-16(7-5-15)41-25-21(23(31)37)19-10-3-14(28)12-35(19)34-25/h3,8-12,15-16,26,39H,4-7,13H2,1-2H3,(H2,31,37)(H,32,38). The maximum atomic E-state index is 13.7. The minimum Gasteiger partial charge on any atom is -0.491 e. The van der Waals surface area contributed by atoms with Crippen molar-refractivity contribution in [2.45, 2.75) is 63.8 Å². The molecule has 1 saturated carbocycles. The zero-order valence-corrected chi connectivity index (χ0v) is 22.3. The van der Waals surface area contributed by atoms with Gasteiger partial charge >= 0.3 is 6.55 Å². The van der Waals surface area contributed by atoms with Crippen molar-refractivity contribution < 1.29 is 37.3 Å². The van der Waals surface area contributed by atoms with Gasteiger partial charge in [-0.2, -0.15) is 13.9 Å².